The van der Waals surface area contributed by atoms with Crippen molar-refractivity contribution in [3.63, 3.8) is 0 Å². The minimum atomic E-state index is -0.0896. The summed E-state index contributed by atoms with van der Waals surface area (Å²) in [6.07, 6.45) is 5.08. The zero-order chi connectivity index (χ0) is 19.5. The summed E-state index contributed by atoms with van der Waals surface area (Å²) in [4.78, 5) is 29.4. The molecule has 2 fully saturated rings. The quantitative estimate of drug-likeness (QED) is 0.769. The first kappa shape index (κ1) is 18.6. The molecule has 0 unspecified atom stereocenters. The van der Waals surface area contributed by atoms with Gasteiger partial charge in [-0.15, -0.1) is 0 Å². The van der Waals surface area contributed by atoms with Gasteiger partial charge in [0, 0.05) is 31.6 Å². The van der Waals surface area contributed by atoms with Gasteiger partial charge in [-0.2, -0.15) is 0 Å². The number of likely N-dealkylation sites (tertiary alicyclic amines) is 1. The van der Waals surface area contributed by atoms with Gasteiger partial charge in [-0.3, -0.25) is 9.59 Å². The Hall–Kier alpha value is -2.76. The molecule has 1 aromatic heterocycles. The number of ether oxygens (including phenoxy) is 1. The van der Waals surface area contributed by atoms with Crippen molar-refractivity contribution in [2.75, 3.05) is 20.2 Å². The number of carbonyl (C=O) groups is 2. The van der Waals surface area contributed by atoms with Crippen molar-refractivity contribution in [1.29, 1.82) is 0 Å². The van der Waals surface area contributed by atoms with Crippen LogP contribution in [0.4, 0.5) is 0 Å². The Morgan fingerprint density at radius 2 is 1.82 bits per heavy atom. The number of hydrogen-bond acceptors (Lipinski definition) is 4. The van der Waals surface area contributed by atoms with Gasteiger partial charge in [0.15, 0.2) is 5.76 Å². The lowest BCUT2D eigenvalue weighted by molar-refractivity contribution is -0.138. The van der Waals surface area contributed by atoms with Crippen molar-refractivity contribution in [1.82, 2.24) is 9.80 Å². The molecule has 148 valence electrons. The maximum Gasteiger partial charge on any atom is 0.289 e. The van der Waals surface area contributed by atoms with Gasteiger partial charge in [0.25, 0.3) is 5.91 Å². The third-order valence-electron chi connectivity index (χ3n) is 5.65. The van der Waals surface area contributed by atoms with E-state index in [1.807, 2.05) is 29.2 Å². The Balaban J connectivity index is 1.36. The molecule has 0 N–H and O–H groups in total. The number of nitrogens with zero attached hydrogens (tertiary/aromatic N) is 2. The van der Waals surface area contributed by atoms with Crippen molar-refractivity contribution < 1.29 is 18.7 Å². The number of methoxy groups -OCH3 is 1. The van der Waals surface area contributed by atoms with E-state index in [0.717, 1.165) is 24.2 Å². The summed E-state index contributed by atoms with van der Waals surface area (Å²) >= 11 is 0. The van der Waals surface area contributed by atoms with Crippen LogP contribution in [0.2, 0.25) is 0 Å². The van der Waals surface area contributed by atoms with Crippen LogP contribution in [0.1, 0.15) is 41.8 Å². The molecule has 2 amide bonds. The summed E-state index contributed by atoms with van der Waals surface area (Å²) in [6, 6.07) is 11.7. The molecule has 0 radical (unpaired) electrons. The molecule has 0 spiro atoms. The van der Waals surface area contributed by atoms with Gasteiger partial charge in [-0.05, 0) is 55.5 Å². The molecule has 6 heteroatoms. The largest absolute Gasteiger partial charge is 0.497 e. The monoisotopic (exact) mass is 382 g/mol. The second-order valence-corrected chi connectivity index (χ2v) is 7.59. The zero-order valence-electron chi connectivity index (χ0n) is 16.2. The van der Waals surface area contributed by atoms with Crippen molar-refractivity contribution in [2.45, 2.75) is 38.3 Å². The van der Waals surface area contributed by atoms with E-state index in [9.17, 15) is 9.59 Å². The summed E-state index contributed by atoms with van der Waals surface area (Å²) in [7, 11) is 1.65. The molecule has 6 nitrogen and oxygen atoms in total. The van der Waals surface area contributed by atoms with Crippen molar-refractivity contribution >= 4 is 11.8 Å². The van der Waals surface area contributed by atoms with E-state index < -0.39 is 0 Å². The molecule has 4 rings (SSSR count). The van der Waals surface area contributed by atoms with E-state index in [4.69, 9.17) is 9.15 Å². The number of piperidine rings is 1. The standard InChI is InChI=1S/C22H26N2O4/c1-27-19-8-4-16(5-9-19)15-24(18-6-7-18)21(25)17-10-12-23(13-11-17)22(26)20-3-2-14-28-20/h2-5,8-9,14,17-18H,6-7,10-13,15H2,1H3. The highest BCUT2D eigenvalue weighted by Gasteiger charge is 2.37. The average molecular weight is 382 g/mol. The molecule has 2 aromatic rings. The van der Waals surface area contributed by atoms with E-state index >= 15 is 0 Å². The number of amides is 2. The molecule has 2 aliphatic rings. The van der Waals surface area contributed by atoms with Crippen LogP contribution in [0.25, 0.3) is 0 Å². The number of hydrogen-bond donors (Lipinski definition) is 0. The normalized spacial score (nSPS) is 17.4. The SMILES string of the molecule is COc1ccc(CN(C(=O)C2CCN(C(=O)c3ccco3)CC2)C2CC2)cc1. The van der Waals surface area contributed by atoms with Gasteiger partial charge >= 0.3 is 0 Å². The van der Waals surface area contributed by atoms with Gasteiger partial charge < -0.3 is 19.0 Å². The maximum absolute atomic E-state index is 13.2. The highest BCUT2D eigenvalue weighted by atomic mass is 16.5. The summed E-state index contributed by atoms with van der Waals surface area (Å²) < 4.78 is 10.4. The molecule has 1 aliphatic heterocycles. The second kappa shape index (κ2) is 8.09. The number of benzene rings is 1. The third kappa shape index (κ3) is 4.06. The fraction of sp³-hybridized carbons (Fsp3) is 0.455. The lowest BCUT2D eigenvalue weighted by Gasteiger charge is -2.34. The summed E-state index contributed by atoms with van der Waals surface area (Å²) in [5, 5.41) is 0. The number of carbonyl (C=O) groups excluding carboxylic acids is 2. The van der Waals surface area contributed by atoms with Crippen molar-refractivity contribution in [3.8, 4) is 5.75 Å². The van der Waals surface area contributed by atoms with Gasteiger partial charge in [0.05, 0.1) is 13.4 Å². The van der Waals surface area contributed by atoms with E-state index in [1.165, 1.54) is 6.26 Å². The minimum absolute atomic E-state index is 0.0144. The van der Waals surface area contributed by atoms with Crippen molar-refractivity contribution in [3.05, 3.63) is 54.0 Å². The molecule has 1 aliphatic carbocycles. The Labute approximate surface area is 165 Å². The highest BCUT2D eigenvalue weighted by molar-refractivity contribution is 5.91. The van der Waals surface area contributed by atoms with Crippen molar-refractivity contribution in [2.24, 2.45) is 5.92 Å². The lowest BCUT2D eigenvalue weighted by atomic mass is 9.94. The van der Waals surface area contributed by atoms with Gasteiger partial charge in [0.1, 0.15) is 5.75 Å². The number of furan rings is 1. The van der Waals surface area contributed by atoms with Gasteiger partial charge in [-0.1, -0.05) is 12.1 Å². The van der Waals surface area contributed by atoms with E-state index in [2.05, 4.69) is 0 Å². The fourth-order valence-electron chi connectivity index (χ4n) is 3.82. The molecule has 1 aromatic carbocycles. The highest BCUT2D eigenvalue weighted by Crippen LogP contribution is 2.32. The molecule has 1 saturated carbocycles. The average Bonchev–Trinajstić information content (AvgIpc) is 3.44. The van der Waals surface area contributed by atoms with Crippen LogP contribution in [0, 0.1) is 5.92 Å². The van der Waals surface area contributed by atoms with Crippen LogP contribution in [0.5, 0.6) is 5.75 Å². The first-order valence-corrected chi connectivity index (χ1v) is 9.92. The maximum atomic E-state index is 13.2. The molecular weight excluding hydrogens is 356 g/mol. The molecular formula is C22H26N2O4. The van der Waals surface area contributed by atoms with Crippen LogP contribution in [0.15, 0.2) is 47.1 Å². The van der Waals surface area contributed by atoms with Gasteiger partial charge in [0.2, 0.25) is 5.91 Å². The van der Waals surface area contributed by atoms with E-state index in [1.54, 1.807) is 24.1 Å². The smallest absolute Gasteiger partial charge is 0.289 e. The van der Waals surface area contributed by atoms with Crippen LogP contribution in [-0.4, -0.2) is 47.9 Å². The topological polar surface area (TPSA) is 63.0 Å². The first-order chi connectivity index (χ1) is 13.7. The van der Waals surface area contributed by atoms with Crippen LogP contribution in [0.3, 0.4) is 0 Å². The van der Waals surface area contributed by atoms with E-state index in [-0.39, 0.29) is 17.7 Å². The zero-order valence-corrected chi connectivity index (χ0v) is 16.2. The molecule has 28 heavy (non-hydrogen) atoms. The van der Waals surface area contributed by atoms with E-state index in [0.29, 0.717) is 44.3 Å². The van der Waals surface area contributed by atoms with Gasteiger partial charge in [-0.25, -0.2) is 0 Å². The second-order valence-electron chi connectivity index (χ2n) is 7.59. The Kier molecular flexibility index (Phi) is 5.37. The van der Waals surface area contributed by atoms with Crippen LogP contribution in [-0.2, 0) is 11.3 Å². The van der Waals surface area contributed by atoms with Crippen LogP contribution >= 0.6 is 0 Å². The summed E-state index contributed by atoms with van der Waals surface area (Å²) in [6.45, 7) is 1.83. The molecule has 0 atom stereocenters. The predicted molar refractivity (Wildman–Crippen MR) is 104 cm³/mol. The molecule has 2 heterocycles. The molecule has 1 saturated heterocycles. The predicted octanol–water partition coefficient (Wildman–Crippen LogP) is 3.33. The number of rotatable bonds is 6. The Morgan fingerprint density at radius 3 is 2.39 bits per heavy atom. The summed E-state index contributed by atoms with van der Waals surface area (Å²) in [5.74, 6) is 1.31. The minimum Gasteiger partial charge on any atom is -0.497 e. The lowest BCUT2D eigenvalue weighted by Crippen LogP contribution is -2.44. The Morgan fingerprint density at radius 1 is 1.11 bits per heavy atom. The Bertz CT molecular complexity index is 804. The van der Waals surface area contributed by atoms with Crippen LogP contribution < -0.4 is 4.74 Å². The third-order valence-corrected chi connectivity index (χ3v) is 5.65. The summed E-state index contributed by atoms with van der Waals surface area (Å²) in [5.41, 5.74) is 1.12. The first-order valence-electron chi connectivity index (χ1n) is 9.92. The molecule has 0 bridgehead atoms. The fourth-order valence-corrected chi connectivity index (χ4v) is 3.82.